The lowest BCUT2D eigenvalue weighted by molar-refractivity contribution is -0.136. The van der Waals surface area contributed by atoms with Crippen LogP contribution in [0.15, 0.2) is 53.7 Å². The number of alkyl halides is 2. The number of nitrogens with one attached hydrogen (secondary N) is 1. The Bertz CT molecular complexity index is 1040. The summed E-state index contributed by atoms with van der Waals surface area (Å²) in [6.45, 7) is -1.25. The van der Waals surface area contributed by atoms with Crippen molar-refractivity contribution in [3.63, 3.8) is 0 Å². The summed E-state index contributed by atoms with van der Waals surface area (Å²) in [6.07, 6.45) is 0. The second kappa shape index (κ2) is 9.82. The summed E-state index contributed by atoms with van der Waals surface area (Å²) in [7, 11) is 4.19. The molecular formula is C22H22F2N2O5S. The Balaban J connectivity index is 2.08. The number of carbonyl (C=O) groups is 1. The number of rotatable bonds is 7. The molecule has 0 radical (unpaired) electrons. The lowest BCUT2D eigenvalue weighted by Crippen LogP contribution is -2.48. The highest BCUT2D eigenvalue weighted by Gasteiger charge is 2.35. The van der Waals surface area contributed by atoms with Gasteiger partial charge in [-0.15, -0.1) is 0 Å². The van der Waals surface area contributed by atoms with Crippen molar-refractivity contribution >= 4 is 29.0 Å². The number of hydrogen-bond acceptors (Lipinski definition) is 6. The van der Waals surface area contributed by atoms with Gasteiger partial charge in [-0.3, -0.25) is 4.90 Å². The SMILES string of the molecule is COC(=O)C1=C(C)N(c2ccc(OC)cc2)C(=S)N[C@@H]1c1ccc(OC(F)F)c(OC)c1. The fraction of sp³-hybridized carbons (Fsp3) is 0.273. The molecular weight excluding hydrogens is 442 g/mol. The van der Waals surface area contributed by atoms with Crippen molar-refractivity contribution in [2.45, 2.75) is 19.6 Å². The van der Waals surface area contributed by atoms with E-state index in [4.69, 9.17) is 26.4 Å². The molecule has 1 aliphatic rings. The number of anilines is 1. The Kier molecular flexibility index (Phi) is 7.14. The summed E-state index contributed by atoms with van der Waals surface area (Å²) in [6, 6.07) is 10.9. The van der Waals surface area contributed by atoms with Crippen LogP contribution in [-0.2, 0) is 9.53 Å². The smallest absolute Gasteiger partial charge is 0.387 e. The van der Waals surface area contributed by atoms with Gasteiger partial charge in [0, 0.05) is 11.4 Å². The Labute approximate surface area is 189 Å². The largest absolute Gasteiger partial charge is 0.497 e. The predicted molar refractivity (Wildman–Crippen MR) is 118 cm³/mol. The zero-order valence-electron chi connectivity index (χ0n) is 17.8. The van der Waals surface area contributed by atoms with Crippen molar-refractivity contribution < 1.29 is 32.5 Å². The van der Waals surface area contributed by atoms with E-state index in [0.717, 1.165) is 5.69 Å². The van der Waals surface area contributed by atoms with Crippen molar-refractivity contribution in [1.29, 1.82) is 0 Å². The number of allylic oxidation sites excluding steroid dienone is 1. The second-order valence-electron chi connectivity index (χ2n) is 6.70. The molecule has 7 nitrogen and oxygen atoms in total. The maximum absolute atomic E-state index is 12.7. The zero-order valence-corrected chi connectivity index (χ0v) is 18.7. The van der Waals surface area contributed by atoms with Crippen molar-refractivity contribution in [2.24, 2.45) is 0 Å². The summed E-state index contributed by atoms with van der Waals surface area (Å²) in [5.41, 5.74) is 2.14. The van der Waals surface area contributed by atoms with Crippen LogP contribution in [0.2, 0.25) is 0 Å². The van der Waals surface area contributed by atoms with E-state index in [9.17, 15) is 13.6 Å². The van der Waals surface area contributed by atoms with Crippen LogP contribution in [0.5, 0.6) is 17.2 Å². The molecule has 170 valence electrons. The van der Waals surface area contributed by atoms with E-state index in [2.05, 4.69) is 10.1 Å². The normalized spacial score (nSPS) is 16.0. The third kappa shape index (κ3) is 4.59. The van der Waals surface area contributed by atoms with Crippen molar-refractivity contribution in [2.75, 3.05) is 26.2 Å². The fourth-order valence-electron chi connectivity index (χ4n) is 3.47. The molecule has 3 rings (SSSR count). The molecule has 0 aliphatic carbocycles. The average Bonchev–Trinajstić information content (AvgIpc) is 2.78. The van der Waals surface area contributed by atoms with Crippen LogP contribution < -0.4 is 24.4 Å². The quantitative estimate of drug-likeness (QED) is 0.483. The van der Waals surface area contributed by atoms with Gasteiger partial charge in [0.2, 0.25) is 0 Å². The number of nitrogens with zero attached hydrogens (tertiary/aromatic N) is 1. The van der Waals surface area contributed by atoms with Crippen LogP contribution in [0.4, 0.5) is 14.5 Å². The van der Waals surface area contributed by atoms with Gasteiger partial charge in [0.1, 0.15) is 5.75 Å². The lowest BCUT2D eigenvalue weighted by Gasteiger charge is -2.37. The Morgan fingerprint density at radius 3 is 2.31 bits per heavy atom. The Morgan fingerprint density at radius 2 is 1.75 bits per heavy atom. The van der Waals surface area contributed by atoms with Crippen LogP contribution >= 0.6 is 12.2 Å². The fourth-order valence-corrected chi connectivity index (χ4v) is 3.83. The monoisotopic (exact) mass is 464 g/mol. The molecule has 0 aromatic heterocycles. The number of hydrogen-bond donors (Lipinski definition) is 1. The molecule has 0 unspecified atom stereocenters. The molecule has 1 N–H and O–H groups in total. The summed E-state index contributed by atoms with van der Waals surface area (Å²) >= 11 is 5.59. The summed E-state index contributed by atoms with van der Waals surface area (Å²) < 4.78 is 45.2. The first-order valence-electron chi connectivity index (χ1n) is 9.47. The van der Waals surface area contributed by atoms with Crippen LogP contribution in [0.1, 0.15) is 18.5 Å². The third-order valence-electron chi connectivity index (χ3n) is 4.96. The predicted octanol–water partition coefficient (Wildman–Crippen LogP) is 4.19. The van der Waals surface area contributed by atoms with E-state index in [1.807, 2.05) is 12.1 Å². The van der Waals surface area contributed by atoms with Crippen LogP contribution in [0.25, 0.3) is 0 Å². The van der Waals surface area contributed by atoms with Gasteiger partial charge in [-0.05, 0) is 61.1 Å². The molecule has 10 heteroatoms. The van der Waals surface area contributed by atoms with Gasteiger partial charge in [-0.2, -0.15) is 8.78 Å². The first-order chi connectivity index (χ1) is 15.3. The molecule has 0 bridgehead atoms. The van der Waals surface area contributed by atoms with E-state index < -0.39 is 18.6 Å². The van der Waals surface area contributed by atoms with Crippen molar-refractivity contribution in [3.05, 3.63) is 59.3 Å². The first-order valence-corrected chi connectivity index (χ1v) is 9.88. The number of esters is 1. The molecule has 32 heavy (non-hydrogen) atoms. The van der Waals surface area contributed by atoms with E-state index >= 15 is 0 Å². The summed E-state index contributed by atoms with van der Waals surface area (Å²) in [5.74, 6) is 0.0863. The van der Waals surface area contributed by atoms with Crippen molar-refractivity contribution in [3.8, 4) is 17.2 Å². The minimum absolute atomic E-state index is 0.0926. The average molecular weight is 464 g/mol. The number of halogens is 2. The van der Waals surface area contributed by atoms with E-state index in [1.165, 1.54) is 26.4 Å². The van der Waals surface area contributed by atoms with Crippen LogP contribution in [0.3, 0.4) is 0 Å². The van der Waals surface area contributed by atoms with E-state index in [0.29, 0.717) is 27.7 Å². The van der Waals surface area contributed by atoms with Gasteiger partial charge in [-0.25, -0.2) is 4.79 Å². The number of ether oxygens (including phenoxy) is 4. The zero-order chi connectivity index (χ0) is 23.4. The standard InChI is InChI=1S/C22H22F2N2O5S/c1-12-18(20(27)30-4)19(13-5-10-16(31-21(23)24)17(11-13)29-3)25-22(32)26(12)14-6-8-15(28-2)9-7-14/h5-11,19,21H,1-4H3,(H,25,32)/t19-/m1/s1. The molecule has 2 aromatic rings. The highest BCUT2D eigenvalue weighted by atomic mass is 32.1. The van der Waals surface area contributed by atoms with Gasteiger partial charge in [-0.1, -0.05) is 6.07 Å². The summed E-state index contributed by atoms with van der Waals surface area (Å²) in [4.78, 5) is 14.5. The van der Waals surface area contributed by atoms with Gasteiger partial charge in [0.15, 0.2) is 16.6 Å². The molecule has 1 aliphatic heterocycles. The molecule has 1 atom stereocenters. The minimum atomic E-state index is -3.00. The molecule has 0 saturated carbocycles. The van der Waals surface area contributed by atoms with Gasteiger partial charge in [0.25, 0.3) is 0 Å². The first kappa shape index (κ1) is 23.3. The van der Waals surface area contributed by atoms with E-state index in [1.54, 1.807) is 37.1 Å². The highest BCUT2D eigenvalue weighted by molar-refractivity contribution is 7.80. The highest BCUT2D eigenvalue weighted by Crippen LogP contribution is 2.38. The van der Waals surface area contributed by atoms with Gasteiger partial charge < -0.3 is 24.3 Å². The number of methoxy groups -OCH3 is 3. The number of thiocarbonyl (C=S) groups is 1. The van der Waals surface area contributed by atoms with Crippen LogP contribution in [0, 0.1) is 0 Å². The Hall–Kier alpha value is -3.40. The minimum Gasteiger partial charge on any atom is -0.497 e. The van der Waals surface area contributed by atoms with E-state index in [-0.39, 0.29) is 11.5 Å². The second-order valence-corrected chi connectivity index (χ2v) is 7.08. The van der Waals surface area contributed by atoms with Gasteiger partial charge >= 0.3 is 12.6 Å². The molecule has 0 amide bonds. The number of carbonyl (C=O) groups excluding carboxylic acids is 1. The van der Waals surface area contributed by atoms with Crippen molar-refractivity contribution in [1.82, 2.24) is 5.32 Å². The van der Waals surface area contributed by atoms with Crippen LogP contribution in [-0.4, -0.2) is 39.0 Å². The summed E-state index contributed by atoms with van der Waals surface area (Å²) in [5, 5.41) is 3.48. The Morgan fingerprint density at radius 1 is 1.06 bits per heavy atom. The molecule has 0 spiro atoms. The topological polar surface area (TPSA) is 69.3 Å². The molecule has 0 saturated heterocycles. The molecule has 1 heterocycles. The maximum Gasteiger partial charge on any atom is 0.387 e. The van der Waals surface area contributed by atoms with Gasteiger partial charge in [0.05, 0.1) is 32.9 Å². The maximum atomic E-state index is 12.7. The molecule has 2 aromatic carbocycles. The lowest BCUT2D eigenvalue weighted by atomic mass is 9.94. The molecule has 0 fully saturated rings. The third-order valence-corrected chi connectivity index (χ3v) is 5.26. The number of benzene rings is 2.